The van der Waals surface area contributed by atoms with Gasteiger partial charge in [-0.2, -0.15) is 0 Å². The van der Waals surface area contributed by atoms with Crippen LogP contribution in [-0.4, -0.2) is 52.0 Å². The van der Waals surface area contributed by atoms with Gasteiger partial charge in [0.15, 0.2) is 23.1 Å². The molecule has 4 N–H and O–H groups in total. The summed E-state index contributed by atoms with van der Waals surface area (Å²) in [6, 6.07) is -0.234. The summed E-state index contributed by atoms with van der Waals surface area (Å²) in [5, 5.41) is 36.5. The SMILES string of the molecule is COc1c(O)c(C)c2c(c1O)[C@@H]1O[C@H]2[C@H]2C(=O)[C@@]34C(=O)N[C@@H](CC(C)C)[C@@H]3[C@H](C)C(C)=C[C@@H]4/C=C(\C)CC[C@@H](O)C(=O)[C@@H]21. The number of rotatable bonds is 3. The molecule has 43 heavy (non-hydrogen) atoms. The van der Waals surface area contributed by atoms with Crippen LogP contribution in [0.4, 0.5) is 0 Å². The number of phenols is 2. The third-order valence-corrected chi connectivity index (χ3v) is 11.1. The van der Waals surface area contributed by atoms with Crippen LogP contribution in [0.2, 0.25) is 0 Å². The lowest BCUT2D eigenvalue weighted by Crippen LogP contribution is -2.56. The summed E-state index contributed by atoms with van der Waals surface area (Å²) in [7, 11) is 1.32. The summed E-state index contributed by atoms with van der Waals surface area (Å²) in [4.78, 5) is 44.0. The lowest BCUT2D eigenvalue weighted by molar-refractivity contribution is -0.152. The van der Waals surface area contributed by atoms with E-state index in [4.69, 9.17) is 9.47 Å². The summed E-state index contributed by atoms with van der Waals surface area (Å²) in [6.07, 6.45) is 1.94. The molecule has 2 aliphatic carbocycles. The normalized spacial score (nSPS) is 39.7. The maximum Gasteiger partial charge on any atom is 0.235 e. The first-order valence-corrected chi connectivity index (χ1v) is 15.5. The number of hydrogen-bond acceptors (Lipinski definition) is 8. The third kappa shape index (κ3) is 3.93. The van der Waals surface area contributed by atoms with Crippen LogP contribution in [-0.2, 0) is 19.1 Å². The molecule has 2 saturated heterocycles. The van der Waals surface area contributed by atoms with Crippen molar-refractivity contribution < 1.29 is 39.2 Å². The number of fused-ring (bicyclic) bond motifs is 8. The number of Topliss-reactive ketones (excluding diaryl/α,β-unsaturated/α-hetero) is 2. The highest BCUT2D eigenvalue weighted by molar-refractivity contribution is 6.12. The van der Waals surface area contributed by atoms with Gasteiger partial charge in [0.2, 0.25) is 11.7 Å². The van der Waals surface area contributed by atoms with Gasteiger partial charge in [-0.15, -0.1) is 0 Å². The Morgan fingerprint density at radius 1 is 1.05 bits per heavy atom. The van der Waals surface area contributed by atoms with E-state index in [1.165, 1.54) is 7.11 Å². The van der Waals surface area contributed by atoms with Crippen LogP contribution in [0.1, 0.15) is 82.8 Å². The van der Waals surface area contributed by atoms with E-state index in [0.717, 1.165) is 11.1 Å². The van der Waals surface area contributed by atoms with Crippen LogP contribution in [0.5, 0.6) is 17.2 Å². The number of ether oxygens (including phenoxy) is 2. The fourth-order valence-corrected chi connectivity index (χ4v) is 9.08. The maximum atomic E-state index is 15.5. The molecule has 2 bridgehead atoms. The number of amides is 1. The number of carbonyl (C=O) groups is 3. The second-order valence-corrected chi connectivity index (χ2v) is 13.9. The number of aliphatic hydroxyl groups is 1. The van der Waals surface area contributed by atoms with Crippen LogP contribution >= 0.6 is 0 Å². The molecule has 6 rings (SSSR count). The van der Waals surface area contributed by atoms with Gasteiger partial charge in [0, 0.05) is 29.0 Å². The zero-order valence-electron chi connectivity index (χ0n) is 25.9. The van der Waals surface area contributed by atoms with Crippen molar-refractivity contribution in [3.63, 3.8) is 0 Å². The van der Waals surface area contributed by atoms with Gasteiger partial charge in [0.1, 0.15) is 11.5 Å². The molecule has 5 aliphatic rings. The molecular formula is C34H43NO8. The van der Waals surface area contributed by atoms with Gasteiger partial charge in [0.25, 0.3) is 0 Å². The molecule has 3 aliphatic heterocycles. The van der Waals surface area contributed by atoms with Crippen LogP contribution in [0, 0.1) is 47.8 Å². The summed E-state index contributed by atoms with van der Waals surface area (Å²) < 4.78 is 11.7. The Labute approximate surface area is 252 Å². The number of ketones is 2. The van der Waals surface area contributed by atoms with Crippen molar-refractivity contribution in [2.45, 2.75) is 85.2 Å². The lowest BCUT2D eigenvalue weighted by atomic mass is 9.51. The first kappa shape index (κ1) is 29.9. The van der Waals surface area contributed by atoms with E-state index < -0.39 is 47.3 Å². The first-order valence-electron chi connectivity index (χ1n) is 15.5. The second kappa shape index (κ2) is 10.2. The summed E-state index contributed by atoms with van der Waals surface area (Å²) in [5.41, 5.74) is 1.64. The molecule has 1 aromatic carbocycles. The van der Waals surface area contributed by atoms with Crippen molar-refractivity contribution in [2.75, 3.05) is 7.11 Å². The topological polar surface area (TPSA) is 142 Å². The standard InChI is InChI=1S/C34H43NO8/c1-13(2)10-19-25-16(5)15(4)12-18-11-14(3)8-9-20(36)27(38)23-24(32(40)34(18,25)33(41)35-19)29-21-17(6)26(37)31(42-7)28(39)22(21)30(23)43-29/h11-13,16,18-20,23-25,29-30,36-37,39H,8-10H2,1-7H3,(H,35,41)/b14-11+/t16-,18+,19+,20-,23-,24+,25+,29-,30+,34+/m1/s1. The van der Waals surface area contributed by atoms with Gasteiger partial charge in [-0.1, -0.05) is 44.1 Å². The smallest absolute Gasteiger partial charge is 0.235 e. The minimum absolute atomic E-state index is 0.0765. The van der Waals surface area contributed by atoms with Crippen molar-refractivity contribution in [1.29, 1.82) is 0 Å². The monoisotopic (exact) mass is 593 g/mol. The summed E-state index contributed by atoms with van der Waals surface area (Å²) in [5.74, 6) is -4.88. The fourth-order valence-electron chi connectivity index (χ4n) is 9.08. The number of hydrogen-bond donors (Lipinski definition) is 4. The van der Waals surface area contributed by atoms with Crippen LogP contribution in [0.15, 0.2) is 23.3 Å². The zero-order chi connectivity index (χ0) is 31.3. The van der Waals surface area contributed by atoms with Crippen molar-refractivity contribution in [2.24, 2.45) is 40.9 Å². The molecule has 9 nitrogen and oxygen atoms in total. The highest BCUT2D eigenvalue weighted by Gasteiger charge is 2.71. The third-order valence-electron chi connectivity index (χ3n) is 11.1. The Morgan fingerprint density at radius 2 is 1.72 bits per heavy atom. The Kier molecular flexibility index (Phi) is 7.08. The number of benzene rings is 1. The Hall–Kier alpha value is -3.17. The van der Waals surface area contributed by atoms with Gasteiger partial charge in [-0.05, 0) is 57.4 Å². The first-order chi connectivity index (χ1) is 20.3. The van der Waals surface area contributed by atoms with Crippen molar-refractivity contribution in [1.82, 2.24) is 5.32 Å². The average Bonchev–Trinajstić information content (AvgIpc) is 3.60. The second-order valence-electron chi connectivity index (χ2n) is 13.9. The number of aliphatic hydroxyl groups excluding tert-OH is 1. The van der Waals surface area contributed by atoms with Gasteiger partial charge in [-0.3, -0.25) is 14.4 Å². The maximum absolute atomic E-state index is 15.5. The predicted octanol–water partition coefficient (Wildman–Crippen LogP) is 4.37. The minimum atomic E-state index is -1.49. The van der Waals surface area contributed by atoms with E-state index in [-0.39, 0.29) is 59.2 Å². The minimum Gasteiger partial charge on any atom is -0.504 e. The number of methoxy groups -OCH3 is 1. The summed E-state index contributed by atoms with van der Waals surface area (Å²) >= 11 is 0. The van der Waals surface area contributed by atoms with Gasteiger partial charge < -0.3 is 30.1 Å². The van der Waals surface area contributed by atoms with Gasteiger partial charge in [-0.25, -0.2) is 0 Å². The molecule has 0 saturated carbocycles. The van der Waals surface area contributed by atoms with E-state index in [9.17, 15) is 24.9 Å². The highest BCUT2D eigenvalue weighted by Crippen LogP contribution is 2.67. The number of aromatic hydroxyl groups is 2. The Balaban J connectivity index is 1.62. The lowest BCUT2D eigenvalue weighted by Gasteiger charge is -2.47. The average molecular weight is 594 g/mol. The molecular weight excluding hydrogens is 550 g/mol. The van der Waals surface area contributed by atoms with Crippen LogP contribution in [0.3, 0.4) is 0 Å². The molecule has 0 aromatic heterocycles. The Bertz CT molecular complexity index is 1480. The van der Waals surface area contributed by atoms with E-state index >= 15 is 4.79 Å². The molecule has 232 valence electrons. The molecule has 0 unspecified atom stereocenters. The van der Waals surface area contributed by atoms with Crippen molar-refractivity contribution >= 4 is 17.5 Å². The molecule has 0 radical (unpaired) electrons. The Morgan fingerprint density at radius 3 is 2.37 bits per heavy atom. The largest absolute Gasteiger partial charge is 0.504 e. The molecule has 10 atom stereocenters. The number of allylic oxidation sites excluding steroid dienone is 4. The quantitative estimate of drug-likeness (QED) is 0.299. The highest BCUT2D eigenvalue weighted by atomic mass is 16.5. The molecule has 9 heteroatoms. The van der Waals surface area contributed by atoms with E-state index in [2.05, 4.69) is 33.0 Å². The number of phenolic OH excluding ortho intramolecular Hbond substituents is 2. The molecule has 2 fully saturated rings. The van der Waals surface area contributed by atoms with Crippen LogP contribution < -0.4 is 10.1 Å². The van der Waals surface area contributed by atoms with E-state index in [1.54, 1.807) is 6.92 Å². The molecule has 1 amide bonds. The molecule has 3 heterocycles. The van der Waals surface area contributed by atoms with Gasteiger partial charge in [0.05, 0.1) is 31.2 Å². The summed E-state index contributed by atoms with van der Waals surface area (Å²) in [6.45, 7) is 11.9. The zero-order valence-corrected chi connectivity index (χ0v) is 25.9. The van der Waals surface area contributed by atoms with E-state index in [0.29, 0.717) is 29.5 Å². The van der Waals surface area contributed by atoms with Crippen LogP contribution in [0.25, 0.3) is 0 Å². The van der Waals surface area contributed by atoms with Gasteiger partial charge >= 0.3 is 0 Å². The van der Waals surface area contributed by atoms with Crippen molar-refractivity contribution in [3.05, 3.63) is 40.0 Å². The van der Waals surface area contributed by atoms with E-state index in [1.807, 2.05) is 19.1 Å². The number of nitrogens with one attached hydrogen (secondary N) is 1. The molecule has 1 aromatic rings. The fraction of sp³-hybridized carbons (Fsp3) is 0.618. The van der Waals surface area contributed by atoms with Crippen molar-refractivity contribution in [3.8, 4) is 17.2 Å². The predicted molar refractivity (Wildman–Crippen MR) is 157 cm³/mol. The number of carbonyl (C=O) groups excluding carboxylic acids is 3. The molecule has 1 spiro atoms.